The Hall–Kier alpha value is -1.64. The highest BCUT2D eigenvalue weighted by molar-refractivity contribution is 5.48. The Morgan fingerprint density at radius 3 is 2.00 bits per heavy atom. The Morgan fingerprint density at radius 2 is 1.48 bits per heavy atom. The molecule has 0 aromatic heterocycles. The van der Waals surface area contributed by atoms with Gasteiger partial charge in [-0.3, -0.25) is 0 Å². The second-order valence-corrected chi connectivity index (χ2v) is 6.64. The fraction of sp³-hybridized carbons (Fsp3) is 0.429. The van der Waals surface area contributed by atoms with Crippen LogP contribution in [0.5, 0.6) is 0 Å². The molecular weight excluding hydrogens is 282 g/mol. The summed E-state index contributed by atoms with van der Waals surface area (Å²) in [6.45, 7) is 10.4. The van der Waals surface area contributed by atoms with Crippen LogP contribution in [-0.4, -0.2) is 32.1 Å². The summed E-state index contributed by atoms with van der Waals surface area (Å²) in [7, 11) is 4.16. The lowest BCUT2D eigenvalue weighted by Crippen LogP contribution is -2.21. The van der Waals surface area contributed by atoms with Crippen molar-refractivity contribution in [2.75, 3.05) is 27.2 Å². The first-order valence-corrected chi connectivity index (χ1v) is 8.30. The van der Waals surface area contributed by atoms with E-state index in [-0.39, 0.29) is 6.10 Å². The van der Waals surface area contributed by atoms with E-state index in [4.69, 9.17) is 4.74 Å². The minimum Gasteiger partial charge on any atom is -0.367 e. The van der Waals surface area contributed by atoms with Crippen LogP contribution >= 0.6 is 0 Å². The number of nitrogens with zero attached hydrogens (tertiary/aromatic N) is 1. The number of hydrogen-bond acceptors (Lipinski definition) is 2. The van der Waals surface area contributed by atoms with E-state index in [9.17, 15) is 0 Å². The summed E-state index contributed by atoms with van der Waals surface area (Å²) in [5.74, 6) is 0. The van der Waals surface area contributed by atoms with Crippen LogP contribution in [0.15, 0.2) is 36.4 Å². The van der Waals surface area contributed by atoms with Crippen LogP contribution in [0, 0.1) is 27.7 Å². The maximum Gasteiger partial charge on any atom is 0.108 e. The third-order valence-corrected chi connectivity index (χ3v) is 4.61. The van der Waals surface area contributed by atoms with Crippen molar-refractivity contribution in [1.29, 1.82) is 0 Å². The van der Waals surface area contributed by atoms with E-state index in [1.807, 2.05) is 0 Å². The predicted octanol–water partition coefficient (Wildman–Crippen LogP) is 4.59. The summed E-state index contributed by atoms with van der Waals surface area (Å²) in [4.78, 5) is 2.16. The summed E-state index contributed by atoms with van der Waals surface area (Å²) >= 11 is 0. The van der Waals surface area contributed by atoms with Gasteiger partial charge in [0.05, 0.1) is 6.61 Å². The van der Waals surface area contributed by atoms with Gasteiger partial charge in [-0.15, -0.1) is 0 Å². The van der Waals surface area contributed by atoms with E-state index in [0.29, 0.717) is 0 Å². The highest BCUT2D eigenvalue weighted by Gasteiger charge is 2.21. The molecule has 0 radical (unpaired) electrons. The number of benzene rings is 2. The van der Waals surface area contributed by atoms with Crippen LogP contribution in [-0.2, 0) is 4.74 Å². The molecule has 0 saturated heterocycles. The van der Waals surface area contributed by atoms with Gasteiger partial charge in [-0.1, -0.05) is 36.4 Å². The van der Waals surface area contributed by atoms with Crippen LogP contribution in [0.4, 0.5) is 0 Å². The molecule has 0 saturated carbocycles. The number of hydrogen-bond donors (Lipinski definition) is 0. The lowest BCUT2D eigenvalue weighted by Gasteiger charge is -2.25. The molecule has 0 bridgehead atoms. The highest BCUT2D eigenvalue weighted by Crippen LogP contribution is 2.34. The molecule has 124 valence electrons. The van der Waals surface area contributed by atoms with Crippen molar-refractivity contribution in [3.63, 3.8) is 0 Å². The number of likely N-dealkylation sites (N-methyl/N-ethyl adjacent to an activating group) is 1. The molecule has 0 amide bonds. The molecule has 0 fully saturated rings. The lowest BCUT2D eigenvalue weighted by atomic mass is 9.88. The van der Waals surface area contributed by atoms with Crippen LogP contribution in [0.1, 0.15) is 39.5 Å². The van der Waals surface area contributed by atoms with Crippen molar-refractivity contribution in [2.24, 2.45) is 0 Å². The van der Waals surface area contributed by atoms with Crippen LogP contribution < -0.4 is 0 Å². The Balaban J connectivity index is 2.46. The van der Waals surface area contributed by atoms with Crippen molar-refractivity contribution in [3.8, 4) is 0 Å². The predicted molar refractivity (Wildman–Crippen MR) is 98.2 cm³/mol. The molecule has 0 aliphatic heterocycles. The van der Waals surface area contributed by atoms with Crippen LogP contribution in [0.25, 0.3) is 0 Å². The Bertz CT molecular complexity index is 620. The Labute approximate surface area is 141 Å². The highest BCUT2D eigenvalue weighted by atomic mass is 16.5. The maximum atomic E-state index is 6.36. The fourth-order valence-electron chi connectivity index (χ4n) is 2.97. The third kappa shape index (κ3) is 4.21. The quantitative estimate of drug-likeness (QED) is 0.774. The first-order valence-electron chi connectivity index (χ1n) is 8.30. The number of ether oxygens (including phenoxy) is 1. The van der Waals surface area contributed by atoms with Gasteiger partial charge in [0.15, 0.2) is 0 Å². The Kier molecular flexibility index (Phi) is 5.97. The van der Waals surface area contributed by atoms with Gasteiger partial charge in [0.1, 0.15) is 6.10 Å². The lowest BCUT2D eigenvalue weighted by molar-refractivity contribution is 0.0679. The minimum absolute atomic E-state index is 0.00486. The molecule has 0 heterocycles. The molecule has 23 heavy (non-hydrogen) atoms. The molecule has 2 aromatic rings. The summed E-state index contributed by atoms with van der Waals surface area (Å²) in [6.07, 6.45) is -0.00486. The van der Waals surface area contributed by atoms with E-state index < -0.39 is 0 Å². The standard InChI is InChI=1S/C21H29NO/c1-15-14-16(2)18(4)20(17(15)3)21(23-13-12-22(5)6)19-10-8-7-9-11-19/h7-11,14,21H,12-13H2,1-6H3. The number of rotatable bonds is 6. The average molecular weight is 311 g/mol. The van der Waals surface area contributed by atoms with Crippen molar-refractivity contribution in [1.82, 2.24) is 4.90 Å². The fourth-order valence-corrected chi connectivity index (χ4v) is 2.97. The second kappa shape index (κ2) is 7.76. The van der Waals surface area contributed by atoms with Crippen LogP contribution in [0.2, 0.25) is 0 Å². The zero-order valence-electron chi connectivity index (χ0n) is 15.3. The zero-order chi connectivity index (χ0) is 17.0. The van der Waals surface area contributed by atoms with Gasteiger partial charge < -0.3 is 9.64 Å². The van der Waals surface area contributed by atoms with Crippen molar-refractivity contribution < 1.29 is 4.74 Å². The van der Waals surface area contributed by atoms with E-state index in [0.717, 1.165) is 13.2 Å². The molecule has 0 aliphatic carbocycles. The van der Waals surface area contributed by atoms with Gasteiger partial charge in [0, 0.05) is 6.54 Å². The van der Waals surface area contributed by atoms with Gasteiger partial charge in [0.2, 0.25) is 0 Å². The molecule has 2 rings (SSSR count). The molecule has 2 nitrogen and oxygen atoms in total. The number of aryl methyl sites for hydroxylation is 2. The van der Waals surface area contributed by atoms with Gasteiger partial charge in [-0.25, -0.2) is 0 Å². The molecule has 0 spiro atoms. The second-order valence-electron chi connectivity index (χ2n) is 6.64. The van der Waals surface area contributed by atoms with Gasteiger partial charge in [-0.05, 0) is 75.2 Å². The van der Waals surface area contributed by atoms with E-state index >= 15 is 0 Å². The van der Waals surface area contributed by atoms with Gasteiger partial charge in [-0.2, -0.15) is 0 Å². The average Bonchev–Trinajstić information content (AvgIpc) is 2.52. The largest absolute Gasteiger partial charge is 0.367 e. The smallest absolute Gasteiger partial charge is 0.108 e. The SMILES string of the molecule is Cc1cc(C)c(C)c(C(OCCN(C)C)c2ccccc2)c1C. The topological polar surface area (TPSA) is 12.5 Å². The summed E-state index contributed by atoms with van der Waals surface area (Å²) < 4.78 is 6.36. The first-order chi connectivity index (χ1) is 10.9. The monoisotopic (exact) mass is 311 g/mol. The summed E-state index contributed by atoms with van der Waals surface area (Å²) in [5.41, 5.74) is 7.90. The van der Waals surface area contributed by atoms with E-state index in [1.54, 1.807) is 0 Å². The van der Waals surface area contributed by atoms with E-state index in [1.165, 1.54) is 33.4 Å². The molecule has 2 aromatic carbocycles. The maximum absolute atomic E-state index is 6.36. The van der Waals surface area contributed by atoms with Crippen molar-refractivity contribution in [3.05, 3.63) is 69.8 Å². The molecule has 1 unspecified atom stereocenters. The molecule has 2 heteroatoms. The normalized spacial score (nSPS) is 12.7. The van der Waals surface area contributed by atoms with Crippen molar-refractivity contribution in [2.45, 2.75) is 33.8 Å². The Morgan fingerprint density at radius 1 is 0.913 bits per heavy atom. The van der Waals surface area contributed by atoms with Crippen LogP contribution in [0.3, 0.4) is 0 Å². The minimum atomic E-state index is -0.00486. The third-order valence-electron chi connectivity index (χ3n) is 4.61. The molecule has 0 aliphatic rings. The van der Waals surface area contributed by atoms with Crippen molar-refractivity contribution >= 4 is 0 Å². The molecular formula is C21H29NO. The van der Waals surface area contributed by atoms with Gasteiger partial charge >= 0.3 is 0 Å². The summed E-state index contributed by atoms with van der Waals surface area (Å²) in [6, 6.07) is 12.8. The summed E-state index contributed by atoms with van der Waals surface area (Å²) in [5, 5.41) is 0. The van der Waals surface area contributed by atoms with Gasteiger partial charge in [0.25, 0.3) is 0 Å². The molecule has 0 N–H and O–H groups in total. The van der Waals surface area contributed by atoms with E-state index in [2.05, 4.69) is 83.1 Å². The zero-order valence-corrected chi connectivity index (χ0v) is 15.3. The molecule has 1 atom stereocenters. The first kappa shape index (κ1) is 17.7.